The molecular formula is C30H51N3O15. The van der Waals surface area contributed by atoms with Gasteiger partial charge in [0, 0.05) is 12.2 Å². The zero-order valence-electron chi connectivity index (χ0n) is 26.8. The molecule has 0 aromatic rings. The minimum atomic E-state index is -1.86. The number of aliphatic hydroxyl groups is 8. The quantitative estimate of drug-likeness (QED) is 0.0537. The van der Waals surface area contributed by atoms with Crippen LogP contribution in [0.15, 0.2) is 12.2 Å². The van der Waals surface area contributed by atoms with Crippen LogP contribution in [-0.2, 0) is 33.3 Å². The molecule has 18 heteroatoms. The fourth-order valence-electron chi connectivity index (χ4n) is 6.48. The van der Waals surface area contributed by atoms with Crippen molar-refractivity contribution in [3.8, 4) is 0 Å². The van der Waals surface area contributed by atoms with Crippen LogP contribution in [0.4, 0.5) is 0 Å². The highest BCUT2D eigenvalue weighted by atomic mass is 16.7. The Balaban J connectivity index is 1.58. The average Bonchev–Trinajstić information content (AvgIpc) is 3.40. The molecule has 0 radical (unpaired) electrons. The minimum Gasteiger partial charge on any atom is -0.394 e. The van der Waals surface area contributed by atoms with E-state index in [0.717, 1.165) is 50.7 Å². The van der Waals surface area contributed by atoms with Crippen molar-refractivity contribution in [3.63, 3.8) is 0 Å². The molecule has 4 heterocycles. The highest BCUT2D eigenvalue weighted by molar-refractivity contribution is 6.13. The number of ether oxygens (including phenoxy) is 5. The Kier molecular flexibility index (Phi) is 14.6. The van der Waals surface area contributed by atoms with Gasteiger partial charge in [-0.2, -0.15) is 0 Å². The molecule has 4 aliphatic heterocycles. The van der Waals surface area contributed by atoms with Crippen LogP contribution >= 0.6 is 0 Å². The second kappa shape index (κ2) is 18.0. The van der Waals surface area contributed by atoms with Gasteiger partial charge in [-0.3, -0.25) is 14.5 Å². The van der Waals surface area contributed by atoms with Crippen LogP contribution in [0, 0.1) is 0 Å². The predicted octanol–water partition coefficient (Wildman–Crippen LogP) is -4.72. The molecule has 11 N–H and O–H groups in total. The lowest BCUT2D eigenvalue weighted by Crippen LogP contribution is -2.71. The van der Waals surface area contributed by atoms with Gasteiger partial charge in [0.2, 0.25) is 0 Å². The molecule has 2 unspecified atom stereocenters. The second-order valence-corrected chi connectivity index (χ2v) is 12.6. The standard InChI is InChI=1S/C30H51N3O15/c1-2-3-4-5-6-7-10-32-20-24(41)22(39)14(11-34)45-29(20)47-27-16(13-36)46-30(21(25(27)42)33-17(37)8-9-18(33)38)48-26-15(12-35)44-28(43)19(31)23(26)40/h8-9,14-16,19-30,32,34-36,39-43H,2-7,10-13,31H2,1H3/t14-,15-,16-,19-,20-,21-,22-,23-,24-,25-,26?,27?,28-,29+,30+/m1/s1. The van der Waals surface area contributed by atoms with Crippen LogP contribution in [-0.4, -0.2) is 176 Å². The Bertz CT molecular complexity index is 1050. The van der Waals surface area contributed by atoms with E-state index in [0.29, 0.717) is 11.4 Å². The summed E-state index contributed by atoms with van der Waals surface area (Å²) in [5.74, 6) is -1.69. The molecule has 0 spiro atoms. The smallest absolute Gasteiger partial charge is 0.254 e. The summed E-state index contributed by atoms with van der Waals surface area (Å²) in [5.41, 5.74) is 5.83. The van der Waals surface area contributed by atoms with Crippen molar-refractivity contribution in [2.45, 2.75) is 137 Å². The fourth-order valence-corrected chi connectivity index (χ4v) is 6.48. The van der Waals surface area contributed by atoms with E-state index in [1.165, 1.54) is 0 Å². The third-order valence-electron chi connectivity index (χ3n) is 9.26. The van der Waals surface area contributed by atoms with E-state index in [-0.39, 0.29) is 0 Å². The fraction of sp³-hybridized carbons (Fsp3) is 0.867. The first kappa shape index (κ1) is 39.1. The summed E-state index contributed by atoms with van der Waals surface area (Å²) in [5, 5.41) is 87.3. The summed E-state index contributed by atoms with van der Waals surface area (Å²) in [6, 6.07) is -4.15. The first-order chi connectivity index (χ1) is 23.0. The Morgan fingerprint density at radius 1 is 0.729 bits per heavy atom. The molecule has 0 saturated carbocycles. The lowest BCUT2D eigenvalue weighted by Gasteiger charge is -2.50. The molecule has 0 aliphatic carbocycles. The third-order valence-corrected chi connectivity index (χ3v) is 9.26. The van der Waals surface area contributed by atoms with Gasteiger partial charge in [-0.1, -0.05) is 39.0 Å². The number of imide groups is 1. The van der Waals surface area contributed by atoms with E-state index in [1.54, 1.807) is 0 Å². The Labute approximate surface area is 278 Å². The van der Waals surface area contributed by atoms with E-state index in [1.807, 2.05) is 0 Å². The molecule has 0 aromatic heterocycles. The number of unbranched alkanes of at least 4 members (excludes halogenated alkanes) is 5. The van der Waals surface area contributed by atoms with Crippen molar-refractivity contribution >= 4 is 11.8 Å². The number of carbonyl (C=O) groups excluding carboxylic acids is 2. The number of nitrogens with zero attached hydrogens (tertiary/aromatic N) is 1. The van der Waals surface area contributed by atoms with Gasteiger partial charge < -0.3 is 75.6 Å². The van der Waals surface area contributed by atoms with Crippen molar-refractivity contribution < 1.29 is 74.1 Å². The highest BCUT2D eigenvalue weighted by Crippen LogP contribution is 2.35. The van der Waals surface area contributed by atoms with E-state index in [9.17, 15) is 50.4 Å². The molecule has 4 rings (SSSR count). The van der Waals surface area contributed by atoms with E-state index in [4.69, 9.17) is 29.4 Å². The molecular weight excluding hydrogens is 642 g/mol. The van der Waals surface area contributed by atoms with Crippen molar-refractivity contribution in [1.82, 2.24) is 10.2 Å². The van der Waals surface area contributed by atoms with Crippen LogP contribution in [0.2, 0.25) is 0 Å². The molecule has 3 saturated heterocycles. The zero-order chi connectivity index (χ0) is 35.1. The normalized spacial score (nSPS) is 42.1. The molecule has 48 heavy (non-hydrogen) atoms. The number of carbonyl (C=O) groups is 2. The van der Waals surface area contributed by atoms with Gasteiger partial charge in [0.1, 0.15) is 61.0 Å². The van der Waals surface area contributed by atoms with E-state index < -0.39 is 124 Å². The molecule has 18 nitrogen and oxygen atoms in total. The molecule has 0 bridgehead atoms. The molecule has 2 amide bonds. The first-order valence-electron chi connectivity index (χ1n) is 16.5. The monoisotopic (exact) mass is 693 g/mol. The highest BCUT2D eigenvalue weighted by Gasteiger charge is 2.56. The van der Waals surface area contributed by atoms with Crippen LogP contribution in [0.25, 0.3) is 0 Å². The molecule has 276 valence electrons. The molecule has 0 aromatic carbocycles. The second-order valence-electron chi connectivity index (χ2n) is 12.6. The summed E-state index contributed by atoms with van der Waals surface area (Å²) < 4.78 is 29.0. The van der Waals surface area contributed by atoms with Gasteiger partial charge in [0.25, 0.3) is 11.8 Å². The average molecular weight is 694 g/mol. The van der Waals surface area contributed by atoms with E-state index >= 15 is 0 Å². The van der Waals surface area contributed by atoms with Gasteiger partial charge in [-0.25, -0.2) is 0 Å². The summed E-state index contributed by atoms with van der Waals surface area (Å²) in [4.78, 5) is 26.3. The zero-order valence-corrected chi connectivity index (χ0v) is 26.8. The number of nitrogens with two attached hydrogens (primary N) is 1. The van der Waals surface area contributed by atoms with Crippen molar-refractivity contribution in [2.75, 3.05) is 26.4 Å². The minimum absolute atomic E-state index is 0.399. The van der Waals surface area contributed by atoms with Crippen LogP contribution < -0.4 is 11.1 Å². The topological polar surface area (TPSA) is 283 Å². The van der Waals surface area contributed by atoms with E-state index in [2.05, 4.69) is 12.2 Å². The maximum absolute atomic E-state index is 12.9. The first-order valence-corrected chi connectivity index (χ1v) is 16.5. The van der Waals surface area contributed by atoms with Gasteiger partial charge in [0.15, 0.2) is 18.9 Å². The Morgan fingerprint density at radius 3 is 1.90 bits per heavy atom. The van der Waals surface area contributed by atoms with Crippen LogP contribution in [0.3, 0.4) is 0 Å². The largest absolute Gasteiger partial charge is 0.394 e. The molecule has 3 fully saturated rings. The molecule has 15 atom stereocenters. The maximum Gasteiger partial charge on any atom is 0.254 e. The number of aliphatic hydroxyl groups excluding tert-OH is 8. The van der Waals surface area contributed by atoms with Gasteiger partial charge in [0.05, 0.1) is 31.9 Å². The summed E-state index contributed by atoms with van der Waals surface area (Å²) in [7, 11) is 0. The van der Waals surface area contributed by atoms with Crippen molar-refractivity contribution in [1.29, 1.82) is 0 Å². The van der Waals surface area contributed by atoms with Gasteiger partial charge in [-0.05, 0) is 13.0 Å². The van der Waals surface area contributed by atoms with Crippen LogP contribution in [0.5, 0.6) is 0 Å². The summed E-state index contributed by atoms with van der Waals surface area (Å²) in [6.07, 6.45) is -10.6. The van der Waals surface area contributed by atoms with Crippen molar-refractivity contribution in [2.24, 2.45) is 5.73 Å². The predicted molar refractivity (Wildman–Crippen MR) is 161 cm³/mol. The number of hydrogen-bond acceptors (Lipinski definition) is 17. The van der Waals surface area contributed by atoms with Crippen LogP contribution in [0.1, 0.15) is 45.4 Å². The van der Waals surface area contributed by atoms with Crippen molar-refractivity contribution in [3.05, 3.63) is 12.2 Å². The Hall–Kier alpha value is -1.72. The van der Waals surface area contributed by atoms with Gasteiger partial charge >= 0.3 is 0 Å². The molecule has 4 aliphatic rings. The lowest BCUT2D eigenvalue weighted by atomic mass is 9.93. The Morgan fingerprint density at radius 2 is 1.27 bits per heavy atom. The third kappa shape index (κ3) is 8.59. The lowest BCUT2D eigenvalue weighted by molar-refractivity contribution is -0.356. The van der Waals surface area contributed by atoms with Gasteiger partial charge in [-0.15, -0.1) is 0 Å². The summed E-state index contributed by atoms with van der Waals surface area (Å²) in [6.45, 7) is 0.263. The number of rotatable bonds is 16. The number of nitrogens with one attached hydrogen (secondary N) is 1. The maximum atomic E-state index is 12.9. The summed E-state index contributed by atoms with van der Waals surface area (Å²) >= 11 is 0. The SMILES string of the molecule is CCCCCCCCN[C@H]1[C@H](OC2[C@@H](CO)O[C@@H](OC3[C@@H](CO)O[C@@H](O)[C@H](N)[C@H]3O)[C@H](N3C(=O)C=CC3=O)[C@H]2O)O[C@H](CO)[C@@H](O)[C@@H]1O. The number of amides is 2. The number of hydrogen-bond donors (Lipinski definition) is 10.